The Balaban J connectivity index is 0.00000192. The number of para-hydroxylation sites is 1. The third-order valence-electron chi connectivity index (χ3n) is 3.65. The summed E-state index contributed by atoms with van der Waals surface area (Å²) in [5, 5.41) is 10.7. The monoisotopic (exact) mass is 352 g/mol. The van der Waals surface area contributed by atoms with Gasteiger partial charge in [0, 0.05) is 49.5 Å². The van der Waals surface area contributed by atoms with E-state index in [-0.39, 0.29) is 18.3 Å². The molecule has 1 fully saturated rings. The van der Waals surface area contributed by atoms with Crippen molar-refractivity contribution in [1.29, 1.82) is 0 Å². The summed E-state index contributed by atoms with van der Waals surface area (Å²) in [6.07, 6.45) is 4.20. The predicted molar refractivity (Wildman–Crippen MR) is 96.4 cm³/mol. The summed E-state index contributed by atoms with van der Waals surface area (Å²) >= 11 is 1.91. The standard InChI is InChI=1S/C16H20N4OS.ClH/c21-16(10-14-12-22-9-7-17-14)18-11-13-4-1-2-5-15(13)20-8-3-6-19-20;/h1-6,8,14,17H,7,9-12H2,(H,18,21);1H. The smallest absolute Gasteiger partial charge is 0.221 e. The fourth-order valence-corrected chi connectivity index (χ4v) is 3.48. The zero-order valence-electron chi connectivity index (χ0n) is 12.8. The van der Waals surface area contributed by atoms with Gasteiger partial charge in [-0.2, -0.15) is 16.9 Å². The molecular formula is C16H21ClN4OS. The van der Waals surface area contributed by atoms with Gasteiger partial charge < -0.3 is 10.6 Å². The molecule has 2 N–H and O–H groups in total. The molecule has 124 valence electrons. The van der Waals surface area contributed by atoms with Gasteiger partial charge >= 0.3 is 0 Å². The highest BCUT2D eigenvalue weighted by Crippen LogP contribution is 2.14. The number of nitrogens with zero attached hydrogens (tertiary/aromatic N) is 2. The topological polar surface area (TPSA) is 59.0 Å². The van der Waals surface area contributed by atoms with Crippen molar-refractivity contribution >= 4 is 30.1 Å². The Morgan fingerprint density at radius 3 is 3.00 bits per heavy atom. The zero-order chi connectivity index (χ0) is 15.2. The Labute approximate surface area is 146 Å². The van der Waals surface area contributed by atoms with E-state index in [0.29, 0.717) is 19.0 Å². The van der Waals surface area contributed by atoms with Crippen LogP contribution >= 0.6 is 24.2 Å². The van der Waals surface area contributed by atoms with Gasteiger partial charge in [-0.05, 0) is 17.7 Å². The number of hydrogen-bond donors (Lipinski definition) is 2. The number of carbonyl (C=O) groups excluding carboxylic acids is 1. The first kappa shape index (κ1) is 17.8. The van der Waals surface area contributed by atoms with Crippen LogP contribution in [0.3, 0.4) is 0 Å². The van der Waals surface area contributed by atoms with Crippen LogP contribution in [0, 0.1) is 0 Å². The van der Waals surface area contributed by atoms with E-state index in [1.807, 2.05) is 53.0 Å². The van der Waals surface area contributed by atoms with Crippen molar-refractivity contribution in [3.8, 4) is 5.69 Å². The lowest BCUT2D eigenvalue weighted by molar-refractivity contribution is -0.121. The number of carbonyl (C=O) groups is 1. The van der Waals surface area contributed by atoms with E-state index in [4.69, 9.17) is 0 Å². The molecule has 7 heteroatoms. The molecule has 0 aliphatic carbocycles. The van der Waals surface area contributed by atoms with Gasteiger partial charge in [0.1, 0.15) is 0 Å². The molecule has 2 aromatic rings. The van der Waals surface area contributed by atoms with Gasteiger partial charge in [-0.1, -0.05) is 18.2 Å². The van der Waals surface area contributed by atoms with E-state index in [9.17, 15) is 4.79 Å². The molecule has 0 saturated carbocycles. The lowest BCUT2D eigenvalue weighted by Crippen LogP contribution is -2.41. The van der Waals surface area contributed by atoms with Crippen molar-refractivity contribution in [2.75, 3.05) is 18.1 Å². The maximum absolute atomic E-state index is 12.1. The molecule has 1 saturated heterocycles. The van der Waals surface area contributed by atoms with Crippen molar-refractivity contribution in [2.24, 2.45) is 0 Å². The Hall–Kier alpha value is -1.50. The molecule has 0 spiro atoms. The summed E-state index contributed by atoms with van der Waals surface area (Å²) in [7, 11) is 0. The van der Waals surface area contributed by atoms with Gasteiger partial charge in [0.2, 0.25) is 5.91 Å². The van der Waals surface area contributed by atoms with Gasteiger partial charge in [-0.25, -0.2) is 4.68 Å². The summed E-state index contributed by atoms with van der Waals surface area (Å²) in [5.41, 5.74) is 2.06. The van der Waals surface area contributed by atoms with Crippen molar-refractivity contribution in [3.05, 3.63) is 48.3 Å². The number of benzene rings is 1. The molecule has 1 aliphatic rings. The van der Waals surface area contributed by atoms with E-state index in [0.717, 1.165) is 29.3 Å². The van der Waals surface area contributed by atoms with Crippen LogP contribution in [0.15, 0.2) is 42.7 Å². The minimum atomic E-state index is 0. The maximum atomic E-state index is 12.1. The second kappa shape index (κ2) is 8.96. The lowest BCUT2D eigenvalue weighted by Gasteiger charge is -2.22. The number of rotatable bonds is 5. The second-order valence-electron chi connectivity index (χ2n) is 5.29. The Morgan fingerprint density at radius 2 is 2.26 bits per heavy atom. The predicted octanol–water partition coefficient (Wildman–Crippen LogP) is 2.01. The summed E-state index contributed by atoms with van der Waals surface area (Å²) < 4.78 is 1.82. The van der Waals surface area contributed by atoms with Crippen molar-refractivity contribution in [3.63, 3.8) is 0 Å². The van der Waals surface area contributed by atoms with E-state index >= 15 is 0 Å². The Bertz CT molecular complexity index is 614. The molecule has 5 nitrogen and oxygen atoms in total. The SMILES string of the molecule is Cl.O=C(CC1CSCCN1)NCc1ccccc1-n1cccn1. The fourth-order valence-electron chi connectivity index (χ4n) is 2.54. The molecular weight excluding hydrogens is 332 g/mol. The molecule has 1 aromatic heterocycles. The van der Waals surface area contributed by atoms with Gasteiger partial charge in [-0.15, -0.1) is 12.4 Å². The molecule has 23 heavy (non-hydrogen) atoms. The number of amides is 1. The van der Waals surface area contributed by atoms with E-state index < -0.39 is 0 Å². The fraction of sp³-hybridized carbons (Fsp3) is 0.375. The second-order valence-corrected chi connectivity index (χ2v) is 6.44. The highest BCUT2D eigenvalue weighted by molar-refractivity contribution is 7.99. The first-order valence-electron chi connectivity index (χ1n) is 7.48. The summed E-state index contributed by atoms with van der Waals surface area (Å²) in [4.78, 5) is 12.1. The lowest BCUT2D eigenvalue weighted by atomic mass is 10.1. The normalized spacial score (nSPS) is 17.3. The molecule has 1 atom stereocenters. The molecule has 1 amide bonds. The summed E-state index contributed by atoms with van der Waals surface area (Å²) in [6, 6.07) is 10.2. The average Bonchev–Trinajstić information content (AvgIpc) is 3.08. The van der Waals surface area contributed by atoms with Gasteiger partial charge in [-0.3, -0.25) is 4.79 Å². The highest BCUT2D eigenvalue weighted by Gasteiger charge is 2.16. The molecule has 2 heterocycles. The van der Waals surface area contributed by atoms with Crippen LogP contribution in [0.1, 0.15) is 12.0 Å². The zero-order valence-corrected chi connectivity index (χ0v) is 14.4. The van der Waals surface area contributed by atoms with Gasteiger partial charge in [0.15, 0.2) is 0 Å². The molecule has 0 bridgehead atoms. The quantitative estimate of drug-likeness (QED) is 0.864. The molecule has 1 aromatic carbocycles. The number of aromatic nitrogens is 2. The van der Waals surface area contributed by atoms with Crippen LogP contribution in [0.5, 0.6) is 0 Å². The number of thioether (sulfide) groups is 1. The van der Waals surface area contributed by atoms with Crippen LogP contribution in [-0.2, 0) is 11.3 Å². The van der Waals surface area contributed by atoms with E-state index in [1.165, 1.54) is 0 Å². The van der Waals surface area contributed by atoms with Crippen LogP contribution in [0.25, 0.3) is 5.69 Å². The van der Waals surface area contributed by atoms with Crippen LogP contribution in [0.2, 0.25) is 0 Å². The maximum Gasteiger partial charge on any atom is 0.221 e. The molecule has 0 radical (unpaired) electrons. The third kappa shape index (κ3) is 4.99. The first-order chi connectivity index (χ1) is 10.8. The Kier molecular flexibility index (Phi) is 6.95. The molecule has 1 unspecified atom stereocenters. The number of nitrogens with one attached hydrogen (secondary N) is 2. The third-order valence-corrected chi connectivity index (χ3v) is 4.78. The van der Waals surface area contributed by atoms with E-state index in [2.05, 4.69) is 15.7 Å². The minimum Gasteiger partial charge on any atom is -0.352 e. The van der Waals surface area contributed by atoms with Gasteiger partial charge in [0.25, 0.3) is 0 Å². The van der Waals surface area contributed by atoms with Crippen LogP contribution in [0.4, 0.5) is 0 Å². The summed E-state index contributed by atoms with van der Waals surface area (Å²) in [6.45, 7) is 1.51. The largest absolute Gasteiger partial charge is 0.352 e. The number of halogens is 1. The first-order valence-corrected chi connectivity index (χ1v) is 8.64. The van der Waals surface area contributed by atoms with Crippen LogP contribution in [-0.4, -0.2) is 39.8 Å². The minimum absolute atomic E-state index is 0. The van der Waals surface area contributed by atoms with Crippen LogP contribution < -0.4 is 10.6 Å². The van der Waals surface area contributed by atoms with Crippen molar-refractivity contribution < 1.29 is 4.79 Å². The Morgan fingerprint density at radius 1 is 1.39 bits per heavy atom. The van der Waals surface area contributed by atoms with E-state index in [1.54, 1.807) is 6.20 Å². The van der Waals surface area contributed by atoms with Crippen molar-refractivity contribution in [1.82, 2.24) is 20.4 Å². The molecule has 3 rings (SSSR count). The highest BCUT2D eigenvalue weighted by atomic mass is 35.5. The summed E-state index contributed by atoms with van der Waals surface area (Å²) in [5.74, 6) is 2.24. The average molecular weight is 353 g/mol. The molecule has 1 aliphatic heterocycles. The number of hydrogen-bond acceptors (Lipinski definition) is 4. The van der Waals surface area contributed by atoms with Gasteiger partial charge in [0.05, 0.1) is 5.69 Å². The van der Waals surface area contributed by atoms with Crippen molar-refractivity contribution in [2.45, 2.75) is 19.0 Å².